The van der Waals surface area contributed by atoms with E-state index >= 15 is 0 Å². The molecule has 1 aromatic rings. The Morgan fingerprint density at radius 3 is 2.65 bits per heavy atom. The Balaban J connectivity index is 2.58. The van der Waals surface area contributed by atoms with Crippen LogP contribution in [0, 0.1) is 5.82 Å². The van der Waals surface area contributed by atoms with Gasteiger partial charge in [-0.25, -0.2) is 12.8 Å². The molecule has 0 amide bonds. The summed E-state index contributed by atoms with van der Waals surface area (Å²) in [6.07, 6.45) is 0.980. The third-order valence-corrected chi connectivity index (χ3v) is 3.64. The first-order valence-electron chi connectivity index (χ1n) is 5.10. The van der Waals surface area contributed by atoms with Crippen LogP contribution in [0.25, 0.3) is 0 Å². The van der Waals surface area contributed by atoms with Crippen LogP contribution in [0.2, 0.25) is 5.02 Å². The number of rotatable bonds is 5. The number of aliphatic hydroxyl groups is 1. The third-order valence-electron chi connectivity index (χ3n) is 2.32. The zero-order valence-electron chi connectivity index (χ0n) is 9.36. The van der Waals surface area contributed by atoms with E-state index in [0.29, 0.717) is 18.4 Å². The Bertz CT molecular complexity index is 487. The average Bonchev–Trinajstić information content (AvgIpc) is 2.20. The minimum Gasteiger partial charge on any atom is -0.388 e. The quantitative estimate of drug-likeness (QED) is 0.901. The van der Waals surface area contributed by atoms with E-state index in [1.807, 2.05) is 0 Å². The molecule has 1 N–H and O–H groups in total. The van der Waals surface area contributed by atoms with Crippen LogP contribution < -0.4 is 0 Å². The average molecular weight is 281 g/mol. The summed E-state index contributed by atoms with van der Waals surface area (Å²) in [6.45, 7) is 0. The molecule has 0 radical (unpaired) electrons. The number of hydrogen-bond acceptors (Lipinski definition) is 3. The summed E-state index contributed by atoms with van der Waals surface area (Å²) in [5, 5.41) is 9.71. The first kappa shape index (κ1) is 14.4. The summed E-state index contributed by atoms with van der Waals surface area (Å²) in [6, 6.07) is 3.96. The zero-order valence-corrected chi connectivity index (χ0v) is 10.9. The molecule has 0 aliphatic heterocycles. The number of sulfone groups is 1. The molecule has 96 valence electrons. The van der Waals surface area contributed by atoms with Gasteiger partial charge in [0, 0.05) is 12.0 Å². The largest absolute Gasteiger partial charge is 0.388 e. The number of aliphatic hydroxyl groups excluding tert-OH is 1. The third kappa shape index (κ3) is 5.02. The van der Waals surface area contributed by atoms with Crippen molar-refractivity contribution in [1.82, 2.24) is 0 Å². The summed E-state index contributed by atoms with van der Waals surface area (Å²) < 4.78 is 34.7. The Morgan fingerprint density at radius 1 is 1.47 bits per heavy atom. The first-order valence-corrected chi connectivity index (χ1v) is 7.54. The molecule has 3 nitrogen and oxygen atoms in total. The lowest BCUT2D eigenvalue weighted by Gasteiger charge is -2.11. The predicted octanol–water partition coefficient (Wildman–Crippen LogP) is 2.34. The Hall–Kier alpha value is -0.650. The van der Waals surface area contributed by atoms with Crippen LogP contribution in [0.3, 0.4) is 0 Å². The highest BCUT2D eigenvalue weighted by Gasteiger charge is 2.11. The molecule has 0 fully saturated rings. The molecule has 1 unspecified atom stereocenters. The van der Waals surface area contributed by atoms with Crippen molar-refractivity contribution in [3.05, 3.63) is 34.6 Å². The molecule has 0 aliphatic carbocycles. The number of benzene rings is 1. The fourth-order valence-electron chi connectivity index (χ4n) is 1.43. The van der Waals surface area contributed by atoms with Crippen LogP contribution >= 0.6 is 11.6 Å². The molecule has 0 aliphatic rings. The maximum atomic E-state index is 12.9. The molecule has 0 aromatic heterocycles. The molecule has 1 rings (SSSR count). The highest BCUT2D eigenvalue weighted by molar-refractivity contribution is 7.90. The van der Waals surface area contributed by atoms with E-state index in [0.717, 1.165) is 6.26 Å². The Morgan fingerprint density at radius 2 is 2.12 bits per heavy atom. The monoisotopic (exact) mass is 280 g/mol. The molecule has 0 saturated heterocycles. The Labute approximate surface area is 105 Å². The van der Waals surface area contributed by atoms with E-state index in [1.54, 1.807) is 0 Å². The highest BCUT2D eigenvalue weighted by atomic mass is 35.5. The maximum Gasteiger partial charge on any atom is 0.147 e. The molecular weight excluding hydrogens is 267 g/mol. The van der Waals surface area contributed by atoms with Crippen LogP contribution in [-0.4, -0.2) is 25.5 Å². The van der Waals surface area contributed by atoms with Crippen molar-refractivity contribution in [2.45, 2.75) is 18.9 Å². The minimum atomic E-state index is -3.01. The van der Waals surface area contributed by atoms with Gasteiger partial charge in [0.2, 0.25) is 0 Å². The van der Waals surface area contributed by atoms with Gasteiger partial charge in [0.25, 0.3) is 0 Å². The second-order valence-corrected chi connectivity index (χ2v) is 6.63. The smallest absolute Gasteiger partial charge is 0.147 e. The standard InChI is InChI=1S/C11H14ClFO3S/c1-17(15,16)6-2-3-11(14)8-4-5-10(13)9(12)7-8/h4-5,7,11,14H,2-3,6H2,1H3. The fourth-order valence-corrected chi connectivity index (χ4v) is 2.31. The maximum absolute atomic E-state index is 12.9. The van der Waals surface area contributed by atoms with E-state index in [-0.39, 0.29) is 10.8 Å². The second kappa shape index (κ2) is 5.80. The van der Waals surface area contributed by atoms with E-state index in [9.17, 15) is 17.9 Å². The van der Waals surface area contributed by atoms with Gasteiger partial charge in [-0.2, -0.15) is 0 Å². The van der Waals surface area contributed by atoms with Gasteiger partial charge < -0.3 is 5.11 Å². The van der Waals surface area contributed by atoms with Crippen LogP contribution in [-0.2, 0) is 9.84 Å². The van der Waals surface area contributed by atoms with Crippen molar-refractivity contribution >= 4 is 21.4 Å². The van der Waals surface area contributed by atoms with Crippen molar-refractivity contribution in [2.24, 2.45) is 0 Å². The number of hydrogen-bond donors (Lipinski definition) is 1. The van der Waals surface area contributed by atoms with Crippen LogP contribution in [0.1, 0.15) is 24.5 Å². The SMILES string of the molecule is CS(=O)(=O)CCCC(O)c1ccc(F)c(Cl)c1. The summed E-state index contributed by atoms with van der Waals surface area (Å²) >= 11 is 5.58. The van der Waals surface area contributed by atoms with Crippen LogP contribution in [0.15, 0.2) is 18.2 Å². The van der Waals surface area contributed by atoms with E-state index < -0.39 is 21.8 Å². The fraction of sp³-hybridized carbons (Fsp3) is 0.455. The molecule has 0 spiro atoms. The lowest BCUT2D eigenvalue weighted by atomic mass is 10.1. The van der Waals surface area contributed by atoms with Crippen molar-refractivity contribution < 1.29 is 17.9 Å². The van der Waals surface area contributed by atoms with Crippen molar-refractivity contribution in [2.75, 3.05) is 12.0 Å². The summed E-state index contributed by atoms with van der Waals surface area (Å²) in [5.41, 5.74) is 0.491. The van der Waals surface area contributed by atoms with Crippen molar-refractivity contribution in [3.63, 3.8) is 0 Å². The Kier molecular flexibility index (Phi) is 4.91. The van der Waals surface area contributed by atoms with Gasteiger partial charge in [0.05, 0.1) is 11.1 Å². The van der Waals surface area contributed by atoms with Gasteiger partial charge in [-0.15, -0.1) is 0 Å². The van der Waals surface area contributed by atoms with Gasteiger partial charge >= 0.3 is 0 Å². The van der Waals surface area contributed by atoms with E-state index in [4.69, 9.17) is 11.6 Å². The zero-order chi connectivity index (χ0) is 13.1. The molecule has 1 atom stereocenters. The van der Waals surface area contributed by atoms with E-state index in [2.05, 4.69) is 0 Å². The molecule has 0 bridgehead atoms. The number of halogens is 2. The molecule has 6 heteroatoms. The molecule has 17 heavy (non-hydrogen) atoms. The molecule has 1 aromatic carbocycles. The lowest BCUT2D eigenvalue weighted by molar-refractivity contribution is 0.166. The van der Waals surface area contributed by atoms with Crippen LogP contribution in [0.5, 0.6) is 0 Å². The van der Waals surface area contributed by atoms with Crippen molar-refractivity contribution in [1.29, 1.82) is 0 Å². The van der Waals surface area contributed by atoms with Crippen LogP contribution in [0.4, 0.5) is 4.39 Å². The van der Waals surface area contributed by atoms with Gasteiger partial charge in [-0.3, -0.25) is 0 Å². The first-order chi connectivity index (χ1) is 7.79. The summed E-state index contributed by atoms with van der Waals surface area (Å²) in [4.78, 5) is 0. The van der Waals surface area contributed by atoms with Gasteiger partial charge in [-0.1, -0.05) is 17.7 Å². The summed E-state index contributed by atoms with van der Waals surface area (Å²) in [7, 11) is -3.01. The normalized spacial score (nSPS) is 13.6. The minimum absolute atomic E-state index is 0.0268. The topological polar surface area (TPSA) is 54.4 Å². The van der Waals surface area contributed by atoms with Crippen molar-refractivity contribution in [3.8, 4) is 0 Å². The van der Waals surface area contributed by atoms with Gasteiger partial charge in [-0.05, 0) is 30.5 Å². The predicted molar refractivity (Wildman–Crippen MR) is 65.3 cm³/mol. The molecule has 0 heterocycles. The van der Waals surface area contributed by atoms with Gasteiger partial charge in [0.1, 0.15) is 15.7 Å². The molecule has 0 saturated carbocycles. The summed E-state index contributed by atoms with van der Waals surface area (Å²) in [5.74, 6) is -0.516. The highest BCUT2D eigenvalue weighted by Crippen LogP contribution is 2.23. The lowest BCUT2D eigenvalue weighted by Crippen LogP contribution is -2.06. The second-order valence-electron chi connectivity index (χ2n) is 3.96. The van der Waals surface area contributed by atoms with E-state index in [1.165, 1.54) is 18.2 Å². The molecular formula is C11H14ClFO3S. The van der Waals surface area contributed by atoms with Gasteiger partial charge in [0.15, 0.2) is 0 Å².